The maximum atomic E-state index is 18.3. The number of hydrogen-bond acceptors (Lipinski definition) is 6. The van der Waals surface area contributed by atoms with E-state index in [0.29, 0.717) is 44.0 Å². The van der Waals surface area contributed by atoms with Gasteiger partial charge in [0.1, 0.15) is 11.6 Å². The standard InChI is InChI=1S/C85H54B2F5N5S/c88-57-47-48-75(70(89)49-57)97-77-51-62(93(58-31-11-3-12-32-58)59-33-13-4-14-34-59)50-76-81(77)86(66-41-21-25-45-73(66)95(76)61-37-17-6-18-38-61)68-54-69-84(80(83(68)97)85(90,91)92)98-79-53-63(94(60-35-15-5-16-36-60)71-43-23-19-39-64(71)55-27-7-1-8-28-55)52-78-82(79)87(69)67-42-22-26-46-74(67)96(78)72-44-24-20-40-65(72)56-29-9-2-10-30-56/h1-54H. The van der Waals surface area contributed by atoms with Gasteiger partial charge in [0, 0.05) is 83.9 Å². The van der Waals surface area contributed by atoms with E-state index in [2.05, 4.69) is 111 Å². The molecule has 0 spiro atoms. The number of alkyl halides is 3. The van der Waals surface area contributed by atoms with Gasteiger partial charge >= 0.3 is 6.18 Å². The Hall–Kier alpha value is -11.8. The van der Waals surface area contributed by atoms with Gasteiger partial charge in [0.25, 0.3) is 6.71 Å². The largest absolute Gasteiger partial charge is 0.419 e. The molecule has 18 rings (SSSR count). The van der Waals surface area contributed by atoms with Crippen LogP contribution in [0, 0.1) is 11.6 Å². The lowest BCUT2D eigenvalue weighted by atomic mass is 9.30. The highest BCUT2D eigenvalue weighted by atomic mass is 32.2. The van der Waals surface area contributed by atoms with Crippen LogP contribution in [0.15, 0.2) is 337 Å². The summed E-state index contributed by atoms with van der Waals surface area (Å²) in [6, 6.07) is 106. The Balaban J connectivity index is 0.966. The monoisotopic (exact) mass is 1290 g/mol. The minimum absolute atomic E-state index is 0.0155. The van der Waals surface area contributed by atoms with Crippen LogP contribution < -0.4 is 57.3 Å². The average molecular weight is 1290 g/mol. The summed E-state index contributed by atoms with van der Waals surface area (Å²) >= 11 is 1.10. The molecule has 5 nitrogen and oxygen atoms in total. The van der Waals surface area contributed by atoms with E-state index in [-0.39, 0.29) is 16.3 Å². The molecule has 0 aliphatic carbocycles. The number of halogens is 5. The van der Waals surface area contributed by atoms with Crippen molar-refractivity contribution in [3.8, 4) is 22.3 Å². The third-order valence-corrected chi connectivity index (χ3v) is 20.5. The van der Waals surface area contributed by atoms with E-state index in [1.165, 1.54) is 11.0 Å². The molecule has 466 valence electrons. The molecular weight excluding hydrogens is 1240 g/mol. The van der Waals surface area contributed by atoms with Crippen LogP contribution in [-0.2, 0) is 6.18 Å². The highest BCUT2D eigenvalue weighted by Crippen LogP contribution is 2.56. The van der Waals surface area contributed by atoms with Crippen molar-refractivity contribution in [1.29, 1.82) is 0 Å². The second-order valence-electron chi connectivity index (χ2n) is 24.8. The number of rotatable bonds is 11. The molecule has 13 heteroatoms. The first-order valence-corrected chi connectivity index (χ1v) is 33.4. The molecule has 4 aliphatic rings. The van der Waals surface area contributed by atoms with Crippen LogP contribution in [0.1, 0.15) is 5.56 Å². The van der Waals surface area contributed by atoms with E-state index >= 15 is 22.0 Å². The average Bonchev–Trinajstić information content (AvgIpc) is 0.680. The fraction of sp³-hybridized carbons (Fsp3) is 0.0118. The summed E-state index contributed by atoms with van der Waals surface area (Å²) < 4.78 is 88.3. The van der Waals surface area contributed by atoms with Crippen molar-refractivity contribution in [2.24, 2.45) is 0 Å². The van der Waals surface area contributed by atoms with Gasteiger partial charge in [-0.25, -0.2) is 8.78 Å². The summed E-state index contributed by atoms with van der Waals surface area (Å²) in [6.45, 7) is -1.64. The third kappa shape index (κ3) is 9.54. The topological polar surface area (TPSA) is 16.2 Å². The van der Waals surface area contributed by atoms with Gasteiger partial charge in [-0.2, -0.15) is 13.2 Å². The maximum absolute atomic E-state index is 18.3. The van der Waals surface area contributed by atoms with Crippen LogP contribution >= 0.6 is 11.8 Å². The highest BCUT2D eigenvalue weighted by molar-refractivity contribution is 8.00. The molecule has 4 aliphatic heterocycles. The summed E-state index contributed by atoms with van der Waals surface area (Å²) in [5.74, 6) is -1.90. The normalized spacial score (nSPS) is 13.0. The summed E-state index contributed by atoms with van der Waals surface area (Å²) in [6.07, 6.45) is -5.10. The Labute approximate surface area is 569 Å². The quantitative estimate of drug-likeness (QED) is 0.0941. The van der Waals surface area contributed by atoms with Crippen molar-refractivity contribution in [1.82, 2.24) is 0 Å². The van der Waals surface area contributed by atoms with E-state index in [1.807, 2.05) is 218 Å². The Morgan fingerprint density at radius 1 is 0.327 bits per heavy atom. The number of benzene rings is 14. The zero-order chi connectivity index (χ0) is 65.8. The summed E-state index contributed by atoms with van der Waals surface area (Å²) in [7, 11) is 0. The molecule has 0 unspecified atom stereocenters. The first kappa shape index (κ1) is 58.8. The van der Waals surface area contributed by atoms with Gasteiger partial charge in [0.15, 0.2) is 0 Å². The molecular formula is C85H54B2F5N5S. The lowest BCUT2D eigenvalue weighted by molar-refractivity contribution is -0.139. The summed E-state index contributed by atoms with van der Waals surface area (Å²) in [5.41, 5.74) is 15.9. The molecule has 14 aromatic rings. The number of anilines is 15. The lowest BCUT2D eigenvalue weighted by Gasteiger charge is -2.47. The second-order valence-corrected chi connectivity index (χ2v) is 25.9. The van der Waals surface area contributed by atoms with Crippen molar-refractivity contribution in [3.63, 3.8) is 0 Å². The zero-order valence-electron chi connectivity index (χ0n) is 52.4. The SMILES string of the molecule is Fc1ccc(N2c3cc(N(c4ccccc4)c4ccccc4)cc4c3B(c3ccccc3N4c3ccccc3)c3cc4c(c(C(F)(F)F)c32)Sc2cc(N(c3ccccc3)c3ccccc3-c3ccccc3)cc3c2B4c2ccccc2N3c2ccccc2-c2ccccc2)c(F)c1. The van der Waals surface area contributed by atoms with Crippen LogP contribution in [0.2, 0.25) is 0 Å². The van der Waals surface area contributed by atoms with Crippen molar-refractivity contribution in [3.05, 3.63) is 345 Å². The molecule has 98 heavy (non-hydrogen) atoms. The molecule has 14 aromatic carbocycles. The van der Waals surface area contributed by atoms with Crippen LogP contribution in [-0.4, -0.2) is 13.4 Å². The number of nitrogens with zero attached hydrogens (tertiary/aromatic N) is 5. The minimum Gasteiger partial charge on any atom is -0.311 e. The van der Waals surface area contributed by atoms with Crippen LogP contribution in [0.4, 0.5) is 107 Å². The van der Waals surface area contributed by atoms with Crippen molar-refractivity contribution >= 4 is 143 Å². The predicted octanol–water partition coefficient (Wildman–Crippen LogP) is 20.1. The van der Waals surface area contributed by atoms with Gasteiger partial charge in [0.2, 0.25) is 6.71 Å². The molecule has 0 N–H and O–H groups in total. The number of para-hydroxylation sites is 8. The smallest absolute Gasteiger partial charge is 0.311 e. The Bertz CT molecular complexity index is 5400. The first-order chi connectivity index (χ1) is 48.1. The van der Waals surface area contributed by atoms with Crippen molar-refractivity contribution in [2.75, 3.05) is 24.5 Å². The van der Waals surface area contributed by atoms with Gasteiger partial charge in [-0.3, -0.25) is 0 Å². The number of fused-ring (bicyclic) bond motifs is 8. The fourth-order valence-corrected chi connectivity index (χ4v) is 16.8. The van der Waals surface area contributed by atoms with Crippen molar-refractivity contribution < 1.29 is 22.0 Å². The molecule has 0 saturated carbocycles. The van der Waals surface area contributed by atoms with Gasteiger partial charge in [-0.15, -0.1) is 0 Å². The molecule has 0 aromatic heterocycles. The van der Waals surface area contributed by atoms with Gasteiger partial charge in [-0.1, -0.05) is 230 Å². The van der Waals surface area contributed by atoms with E-state index in [1.54, 1.807) is 0 Å². The van der Waals surface area contributed by atoms with Crippen LogP contribution in [0.3, 0.4) is 0 Å². The van der Waals surface area contributed by atoms with Gasteiger partial charge < -0.3 is 24.5 Å². The zero-order valence-corrected chi connectivity index (χ0v) is 53.2. The molecule has 4 heterocycles. The summed E-state index contributed by atoms with van der Waals surface area (Å²) in [5, 5.41) is 0. The number of hydrogen-bond donors (Lipinski definition) is 0. The lowest BCUT2D eigenvalue weighted by Crippen LogP contribution is -2.65. The molecule has 0 bridgehead atoms. The third-order valence-electron chi connectivity index (χ3n) is 19.3. The molecule has 0 atom stereocenters. The molecule has 0 saturated heterocycles. The van der Waals surface area contributed by atoms with E-state index in [9.17, 15) is 0 Å². The highest BCUT2D eigenvalue weighted by Gasteiger charge is 2.53. The van der Waals surface area contributed by atoms with Crippen LogP contribution in [0.5, 0.6) is 0 Å². The fourth-order valence-electron chi connectivity index (χ4n) is 15.4. The van der Waals surface area contributed by atoms with Gasteiger partial charge in [0.05, 0.1) is 34.0 Å². The molecule has 0 amide bonds. The molecule has 0 fully saturated rings. The van der Waals surface area contributed by atoms with Gasteiger partial charge in [-0.05, 0) is 148 Å². The minimum atomic E-state index is -5.10. The Morgan fingerprint density at radius 3 is 1.38 bits per heavy atom. The first-order valence-electron chi connectivity index (χ1n) is 32.6. The predicted molar refractivity (Wildman–Crippen MR) is 396 cm³/mol. The Kier molecular flexibility index (Phi) is 14.1. The molecule has 0 radical (unpaired) electrons. The summed E-state index contributed by atoms with van der Waals surface area (Å²) in [4.78, 5) is 10.8. The maximum Gasteiger partial charge on any atom is 0.419 e. The second kappa shape index (κ2) is 23.5. The van der Waals surface area contributed by atoms with E-state index in [0.717, 1.165) is 114 Å². The van der Waals surface area contributed by atoms with E-state index in [4.69, 9.17) is 0 Å². The van der Waals surface area contributed by atoms with E-state index < -0.39 is 36.8 Å². The van der Waals surface area contributed by atoms with Crippen LogP contribution in [0.25, 0.3) is 22.3 Å². The van der Waals surface area contributed by atoms with Crippen molar-refractivity contribution in [2.45, 2.75) is 16.0 Å². The Morgan fingerprint density at radius 2 is 0.786 bits per heavy atom.